The van der Waals surface area contributed by atoms with Crippen LogP contribution in [0.5, 0.6) is 11.5 Å². The molecule has 3 heteroatoms. The third-order valence-corrected chi connectivity index (χ3v) is 2.55. The first-order valence-electron chi connectivity index (χ1n) is 3.47. The predicted molar refractivity (Wildman–Crippen MR) is 46.4 cm³/mol. The maximum atomic E-state index is 5.22. The first kappa shape index (κ1) is 6.93. The summed E-state index contributed by atoms with van der Waals surface area (Å²) in [5.74, 6) is 1.75. The largest absolute Gasteiger partial charge is 0.454 e. The lowest BCUT2D eigenvalue weighted by molar-refractivity contribution is 0.174. The highest BCUT2D eigenvalue weighted by atomic mass is 31.1. The molecule has 1 aliphatic heterocycles. The Labute approximate surface area is 67.3 Å². The summed E-state index contributed by atoms with van der Waals surface area (Å²) in [6, 6.07) is 6.08. The molecule has 0 saturated carbocycles. The molecule has 0 saturated heterocycles. The number of fused-ring (bicyclic) bond motifs is 1. The van der Waals surface area contributed by atoms with Crippen LogP contribution in [0.1, 0.15) is 0 Å². The van der Waals surface area contributed by atoms with Crippen LogP contribution in [0.4, 0.5) is 0 Å². The van der Waals surface area contributed by atoms with Crippen LogP contribution in [0.15, 0.2) is 18.2 Å². The van der Waals surface area contributed by atoms with Crippen molar-refractivity contribution in [3.8, 4) is 11.5 Å². The number of benzene rings is 1. The lowest BCUT2D eigenvalue weighted by Crippen LogP contribution is -1.93. The van der Waals surface area contributed by atoms with Crippen LogP contribution < -0.4 is 14.8 Å². The maximum absolute atomic E-state index is 5.22. The first-order valence-corrected chi connectivity index (χ1v) is 4.97. The second kappa shape index (κ2) is 2.71. The predicted octanol–water partition coefficient (Wildman–Crippen LogP) is 1.35. The maximum Gasteiger partial charge on any atom is 0.231 e. The van der Waals surface area contributed by atoms with E-state index >= 15 is 0 Å². The van der Waals surface area contributed by atoms with Crippen LogP contribution in [0.3, 0.4) is 0 Å². The van der Waals surface area contributed by atoms with Gasteiger partial charge in [-0.3, -0.25) is 0 Å². The van der Waals surface area contributed by atoms with E-state index in [0.29, 0.717) is 6.79 Å². The zero-order valence-corrected chi connectivity index (χ0v) is 7.26. The van der Waals surface area contributed by atoms with E-state index in [1.807, 2.05) is 12.1 Å². The van der Waals surface area contributed by atoms with Crippen molar-refractivity contribution in [2.45, 2.75) is 0 Å². The molecule has 0 aromatic heterocycles. The van der Waals surface area contributed by atoms with E-state index in [2.05, 4.69) is 12.7 Å². The van der Waals surface area contributed by atoms with Gasteiger partial charge in [-0.15, -0.1) is 0 Å². The summed E-state index contributed by atoms with van der Waals surface area (Å²) >= 11 is 0. The van der Waals surface area contributed by atoms with Crippen LogP contribution >= 0.6 is 8.58 Å². The minimum absolute atomic E-state index is 0.367. The van der Waals surface area contributed by atoms with Crippen molar-refractivity contribution >= 4 is 13.9 Å². The molecular weight excluding hydrogens is 159 g/mol. The van der Waals surface area contributed by atoms with Crippen LogP contribution in [-0.2, 0) is 0 Å². The Morgan fingerprint density at radius 1 is 1.27 bits per heavy atom. The van der Waals surface area contributed by atoms with E-state index < -0.39 is 0 Å². The SMILES string of the molecule is CPc1ccc2c(c1)OCO2. The Morgan fingerprint density at radius 3 is 2.91 bits per heavy atom. The minimum atomic E-state index is 0.367. The van der Waals surface area contributed by atoms with Crippen LogP contribution in [-0.4, -0.2) is 13.5 Å². The normalized spacial score (nSPS) is 14.6. The van der Waals surface area contributed by atoms with Crippen molar-refractivity contribution in [1.29, 1.82) is 0 Å². The second-order valence-corrected chi connectivity index (χ2v) is 3.40. The van der Waals surface area contributed by atoms with Crippen molar-refractivity contribution in [2.75, 3.05) is 13.5 Å². The van der Waals surface area contributed by atoms with Crippen molar-refractivity contribution in [1.82, 2.24) is 0 Å². The van der Waals surface area contributed by atoms with Crippen molar-refractivity contribution in [2.24, 2.45) is 0 Å². The third kappa shape index (κ3) is 1.19. The van der Waals surface area contributed by atoms with Gasteiger partial charge in [0.15, 0.2) is 11.5 Å². The summed E-state index contributed by atoms with van der Waals surface area (Å²) in [5.41, 5.74) is 0. The van der Waals surface area contributed by atoms with E-state index in [-0.39, 0.29) is 0 Å². The van der Waals surface area contributed by atoms with Gasteiger partial charge in [0.1, 0.15) is 0 Å². The molecule has 0 amide bonds. The fourth-order valence-corrected chi connectivity index (χ4v) is 1.58. The second-order valence-electron chi connectivity index (χ2n) is 2.32. The molecule has 1 atom stereocenters. The van der Waals surface area contributed by atoms with E-state index in [9.17, 15) is 0 Å². The van der Waals surface area contributed by atoms with E-state index in [1.165, 1.54) is 5.30 Å². The van der Waals surface area contributed by atoms with Crippen LogP contribution in [0.2, 0.25) is 0 Å². The third-order valence-electron chi connectivity index (χ3n) is 1.66. The van der Waals surface area contributed by atoms with Crippen LogP contribution in [0.25, 0.3) is 0 Å². The molecule has 1 aliphatic rings. The van der Waals surface area contributed by atoms with Gasteiger partial charge in [0.2, 0.25) is 6.79 Å². The van der Waals surface area contributed by atoms with Gasteiger partial charge < -0.3 is 9.47 Å². The van der Waals surface area contributed by atoms with Gasteiger partial charge in [0.25, 0.3) is 0 Å². The first-order chi connectivity index (χ1) is 5.40. The fourth-order valence-electron chi connectivity index (χ4n) is 1.05. The molecule has 58 valence electrons. The zero-order valence-electron chi connectivity index (χ0n) is 6.26. The average Bonchev–Trinajstić information content (AvgIpc) is 2.50. The summed E-state index contributed by atoms with van der Waals surface area (Å²) in [6.45, 7) is 2.52. The molecule has 0 spiro atoms. The Hall–Kier alpha value is -0.750. The molecular formula is C8H9O2P. The number of ether oxygens (including phenoxy) is 2. The summed E-state index contributed by atoms with van der Waals surface area (Å²) in [5, 5.41) is 1.31. The molecule has 0 N–H and O–H groups in total. The van der Waals surface area contributed by atoms with Gasteiger partial charge in [0, 0.05) is 0 Å². The average molecular weight is 168 g/mol. The molecule has 1 aromatic carbocycles. The quantitative estimate of drug-likeness (QED) is 0.589. The lowest BCUT2D eigenvalue weighted by atomic mass is 10.3. The Bertz CT molecular complexity index is 273. The van der Waals surface area contributed by atoms with Gasteiger partial charge in [-0.1, -0.05) is 14.6 Å². The highest BCUT2D eigenvalue weighted by Crippen LogP contribution is 2.31. The van der Waals surface area contributed by atoms with Gasteiger partial charge in [-0.05, 0) is 24.1 Å². The molecule has 1 unspecified atom stereocenters. The summed E-state index contributed by atoms with van der Waals surface area (Å²) in [4.78, 5) is 0. The highest BCUT2D eigenvalue weighted by molar-refractivity contribution is 7.46. The standard InChI is InChI=1S/C8H9O2P/c1-11-6-2-3-7-8(4-6)10-5-9-7/h2-4,11H,5H2,1H3. The molecule has 11 heavy (non-hydrogen) atoms. The lowest BCUT2D eigenvalue weighted by Gasteiger charge is -1.97. The molecule has 0 aliphatic carbocycles. The van der Waals surface area contributed by atoms with Gasteiger partial charge >= 0.3 is 0 Å². The molecule has 2 rings (SSSR count). The molecule has 0 bridgehead atoms. The fraction of sp³-hybridized carbons (Fsp3) is 0.250. The monoisotopic (exact) mass is 168 g/mol. The molecule has 2 nitrogen and oxygen atoms in total. The van der Waals surface area contributed by atoms with Crippen molar-refractivity contribution in [3.63, 3.8) is 0 Å². The van der Waals surface area contributed by atoms with E-state index in [4.69, 9.17) is 9.47 Å². The topological polar surface area (TPSA) is 18.5 Å². The van der Waals surface area contributed by atoms with Gasteiger partial charge in [-0.25, -0.2) is 0 Å². The molecule has 1 heterocycles. The molecule has 0 fully saturated rings. The van der Waals surface area contributed by atoms with Crippen molar-refractivity contribution in [3.05, 3.63) is 18.2 Å². The Balaban J connectivity index is 2.41. The summed E-state index contributed by atoms with van der Waals surface area (Å²) in [6.07, 6.45) is 0. The molecule has 0 radical (unpaired) electrons. The van der Waals surface area contributed by atoms with E-state index in [1.54, 1.807) is 0 Å². The highest BCUT2D eigenvalue weighted by Gasteiger charge is 2.11. The zero-order chi connectivity index (χ0) is 7.68. The Kier molecular flexibility index (Phi) is 1.71. The smallest absolute Gasteiger partial charge is 0.231 e. The van der Waals surface area contributed by atoms with Crippen LogP contribution in [0, 0.1) is 0 Å². The summed E-state index contributed by atoms with van der Waals surface area (Å²) < 4.78 is 10.4. The number of rotatable bonds is 1. The summed E-state index contributed by atoms with van der Waals surface area (Å²) in [7, 11) is 0.818. The van der Waals surface area contributed by atoms with Gasteiger partial charge in [-0.2, -0.15) is 0 Å². The minimum Gasteiger partial charge on any atom is -0.454 e. The Morgan fingerprint density at radius 2 is 2.09 bits per heavy atom. The van der Waals surface area contributed by atoms with Gasteiger partial charge in [0.05, 0.1) is 0 Å². The van der Waals surface area contributed by atoms with Crippen molar-refractivity contribution < 1.29 is 9.47 Å². The number of hydrogen-bond acceptors (Lipinski definition) is 2. The van der Waals surface area contributed by atoms with E-state index in [0.717, 1.165) is 20.1 Å². The molecule has 1 aromatic rings. The number of hydrogen-bond donors (Lipinski definition) is 0.